The van der Waals surface area contributed by atoms with E-state index >= 15 is 0 Å². The molecule has 0 amide bonds. The predicted molar refractivity (Wildman–Crippen MR) is 39.6 cm³/mol. The Morgan fingerprint density at radius 1 is 1.31 bits per heavy atom. The Kier molecular flexibility index (Phi) is 2.82. The van der Waals surface area contributed by atoms with E-state index in [-0.39, 0.29) is 0 Å². The minimum Gasteiger partial charge on any atom is -0.324 e. The summed E-state index contributed by atoms with van der Waals surface area (Å²) in [6.07, 6.45) is -1.51. The molecule has 1 unspecified atom stereocenters. The van der Waals surface area contributed by atoms with Crippen molar-refractivity contribution >= 4 is 0 Å². The standard InChI is InChI=1S/C7H8F3N3/c8-7(9,10)1-6(11)5-2-12-4-13-3-5/h2-4,6H,1,11H2. The van der Waals surface area contributed by atoms with Crippen LogP contribution < -0.4 is 5.73 Å². The fourth-order valence-corrected chi connectivity index (χ4v) is 0.869. The van der Waals surface area contributed by atoms with Crippen molar-refractivity contribution in [2.75, 3.05) is 0 Å². The van der Waals surface area contributed by atoms with E-state index in [4.69, 9.17) is 5.73 Å². The lowest BCUT2D eigenvalue weighted by Crippen LogP contribution is -2.20. The van der Waals surface area contributed by atoms with Crippen molar-refractivity contribution in [3.63, 3.8) is 0 Å². The van der Waals surface area contributed by atoms with Gasteiger partial charge in [-0.1, -0.05) is 0 Å². The Balaban J connectivity index is 2.64. The third-order valence-electron chi connectivity index (χ3n) is 1.46. The zero-order chi connectivity index (χ0) is 9.90. The number of alkyl halides is 3. The average Bonchev–Trinajstić information content (AvgIpc) is 2.03. The molecule has 0 aliphatic rings. The molecular formula is C7H8F3N3. The number of halogens is 3. The van der Waals surface area contributed by atoms with Gasteiger partial charge in [-0.2, -0.15) is 13.2 Å². The lowest BCUT2D eigenvalue weighted by molar-refractivity contribution is -0.138. The zero-order valence-corrected chi connectivity index (χ0v) is 6.62. The monoisotopic (exact) mass is 191 g/mol. The highest BCUT2D eigenvalue weighted by atomic mass is 19.4. The van der Waals surface area contributed by atoms with E-state index in [0.717, 1.165) is 0 Å². The Bertz CT molecular complexity index is 259. The predicted octanol–water partition coefficient (Wildman–Crippen LogP) is 1.43. The molecule has 0 radical (unpaired) electrons. The van der Waals surface area contributed by atoms with Gasteiger partial charge in [0.15, 0.2) is 0 Å². The van der Waals surface area contributed by atoms with Crippen molar-refractivity contribution in [1.82, 2.24) is 9.97 Å². The normalized spacial score (nSPS) is 14.2. The van der Waals surface area contributed by atoms with E-state index in [2.05, 4.69) is 9.97 Å². The second-order valence-corrected chi connectivity index (χ2v) is 2.60. The van der Waals surface area contributed by atoms with Crippen molar-refractivity contribution in [1.29, 1.82) is 0 Å². The summed E-state index contributed by atoms with van der Waals surface area (Å²) < 4.78 is 35.6. The molecule has 0 spiro atoms. The quantitative estimate of drug-likeness (QED) is 0.769. The molecule has 1 heterocycles. The van der Waals surface area contributed by atoms with Gasteiger partial charge in [-0.3, -0.25) is 0 Å². The minimum absolute atomic E-state index is 0.292. The average molecular weight is 191 g/mol. The molecule has 0 aliphatic heterocycles. The van der Waals surface area contributed by atoms with Crippen LogP contribution in [0.25, 0.3) is 0 Å². The Morgan fingerprint density at radius 2 is 1.85 bits per heavy atom. The summed E-state index contributed by atoms with van der Waals surface area (Å²) in [5.41, 5.74) is 5.57. The Hall–Kier alpha value is -1.17. The molecule has 0 aromatic carbocycles. The van der Waals surface area contributed by atoms with Crippen LogP contribution in [0.3, 0.4) is 0 Å². The van der Waals surface area contributed by atoms with Crippen LogP contribution in [0, 0.1) is 0 Å². The summed E-state index contributed by atoms with van der Waals surface area (Å²) in [6, 6.07) is -1.08. The van der Waals surface area contributed by atoms with Crippen LogP contribution in [0.15, 0.2) is 18.7 Å². The molecule has 72 valence electrons. The minimum atomic E-state index is -4.25. The summed E-state index contributed by atoms with van der Waals surface area (Å²) in [5.74, 6) is 0. The van der Waals surface area contributed by atoms with Gasteiger partial charge in [0.05, 0.1) is 6.42 Å². The number of nitrogens with zero attached hydrogens (tertiary/aromatic N) is 2. The van der Waals surface area contributed by atoms with Gasteiger partial charge >= 0.3 is 6.18 Å². The van der Waals surface area contributed by atoms with E-state index in [1.165, 1.54) is 18.7 Å². The molecule has 6 heteroatoms. The molecule has 1 atom stereocenters. The second kappa shape index (κ2) is 3.69. The Labute approximate surface area is 72.8 Å². The lowest BCUT2D eigenvalue weighted by Gasteiger charge is -2.12. The molecule has 1 aromatic heterocycles. The second-order valence-electron chi connectivity index (χ2n) is 2.60. The summed E-state index contributed by atoms with van der Waals surface area (Å²) in [7, 11) is 0. The summed E-state index contributed by atoms with van der Waals surface area (Å²) >= 11 is 0. The van der Waals surface area contributed by atoms with E-state index in [1.54, 1.807) is 0 Å². The van der Waals surface area contributed by atoms with Gasteiger partial charge in [0.1, 0.15) is 6.33 Å². The highest BCUT2D eigenvalue weighted by Gasteiger charge is 2.30. The van der Waals surface area contributed by atoms with Crippen LogP contribution in [-0.4, -0.2) is 16.1 Å². The molecule has 1 aromatic rings. The molecular weight excluding hydrogens is 183 g/mol. The van der Waals surface area contributed by atoms with Gasteiger partial charge in [-0.05, 0) is 0 Å². The molecule has 0 fully saturated rings. The van der Waals surface area contributed by atoms with Gasteiger partial charge in [0.2, 0.25) is 0 Å². The van der Waals surface area contributed by atoms with Gasteiger partial charge < -0.3 is 5.73 Å². The topological polar surface area (TPSA) is 51.8 Å². The number of rotatable bonds is 2. The smallest absolute Gasteiger partial charge is 0.324 e. The molecule has 2 N–H and O–H groups in total. The molecule has 3 nitrogen and oxygen atoms in total. The molecule has 13 heavy (non-hydrogen) atoms. The maximum absolute atomic E-state index is 11.9. The van der Waals surface area contributed by atoms with E-state index in [9.17, 15) is 13.2 Å². The fourth-order valence-electron chi connectivity index (χ4n) is 0.869. The molecule has 0 aliphatic carbocycles. The van der Waals surface area contributed by atoms with Gasteiger partial charge in [-0.25, -0.2) is 9.97 Å². The van der Waals surface area contributed by atoms with E-state index in [1.807, 2.05) is 0 Å². The first-order valence-corrected chi connectivity index (χ1v) is 3.56. The maximum Gasteiger partial charge on any atom is 0.390 e. The summed E-state index contributed by atoms with van der Waals surface area (Å²) in [5, 5.41) is 0. The van der Waals surface area contributed by atoms with Gasteiger partial charge in [0, 0.05) is 24.0 Å². The zero-order valence-electron chi connectivity index (χ0n) is 6.62. The first-order valence-electron chi connectivity index (χ1n) is 3.56. The first kappa shape index (κ1) is 9.91. The maximum atomic E-state index is 11.9. The highest BCUT2D eigenvalue weighted by Crippen LogP contribution is 2.26. The lowest BCUT2D eigenvalue weighted by atomic mass is 10.1. The fraction of sp³-hybridized carbons (Fsp3) is 0.429. The number of aromatic nitrogens is 2. The molecule has 0 saturated carbocycles. The highest BCUT2D eigenvalue weighted by molar-refractivity contribution is 5.08. The van der Waals surface area contributed by atoms with Crippen LogP contribution in [0.2, 0.25) is 0 Å². The number of hydrogen-bond donors (Lipinski definition) is 1. The van der Waals surface area contributed by atoms with Gasteiger partial charge in [-0.15, -0.1) is 0 Å². The van der Waals surface area contributed by atoms with Crippen LogP contribution in [0.4, 0.5) is 13.2 Å². The van der Waals surface area contributed by atoms with Crippen LogP contribution >= 0.6 is 0 Å². The van der Waals surface area contributed by atoms with Crippen molar-refractivity contribution in [3.8, 4) is 0 Å². The molecule has 0 saturated heterocycles. The van der Waals surface area contributed by atoms with Crippen LogP contribution in [0.5, 0.6) is 0 Å². The Morgan fingerprint density at radius 3 is 2.31 bits per heavy atom. The number of nitrogens with two attached hydrogens (primary N) is 1. The van der Waals surface area contributed by atoms with Crippen molar-refractivity contribution in [2.45, 2.75) is 18.6 Å². The van der Waals surface area contributed by atoms with E-state index < -0.39 is 18.6 Å². The van der Waals surface area contributed by atoms with Crippen LogP contribution in [0.1, 0.15) is 18.0 Å². The SMILES string of the molecule is NC(CC(F)(F)F)c1cncnc1. The molecule has 1 rings (SSSR count). The summed E-state index contributed by atoms with van der Waals surface area (Å²) in [4.78, 5) is 7.15. The summed E-state index contributed by atoms with van der Waals surface area (Å²) in [6.45, 7) is 0. The first-order chi connectivity index (χ1) is 5.99. The van der Waals surface area contributed by atoms with Crippen molar-refractivity contribution in [3.05, 3.63) is 24.3 Å². The van der Waals surface area contributed by atoms with Crippen LogP contribution in [-0.2, 0) is 0 Å². The largest absolute Gasteiger partial charge is 0.390 e. The third kappa shape index (κ3) is 3.37. The van der Waals surface area contributed by atoms with Gasteiger partial charge in [0.25, 0.3) is 0 Å². The van der Waals surface area contributed by atoms with E-state index in [0.29, 0.717) is 5.56 Å². The number of hydrogen-bond acceptors (Lipinski definition) is 3. The van der Waals surface area contributed by atoms with Crippen molar-refractivity contribution < 1.29 is 13.2 Å². The molecule has 0 bridgehead atoms. The third-order valence-corrected chi connectivity index (χ3v) is 1.46. The van der Waals surface area contributed by atoms with Crippen molar-refractivity contribution in [2.24, 2.45) is 5.73 Å².